The van der Waals surface area contributed by atoms with Crippen molar-refractivity contribution in [3.8, 4) is 5.69 Å². The van der Waals surface area contributed by atoms with Crippen LogP contribution in [0.1, 0.15) is 36.1 Å². The normalized spacial score (nSPS) is 14.1. The van der Waals surface area contributed by atoms with Crippen molar-refractivity contribution in [3.05, 3.63) is 120 Å². The Morgan fingerprint density at radius 3 is 2.03 bits per heavy atom. The first kappa shape index (κ1) is 21.8. The van der Waals surface area contributed by atoms with Crippen molar-refractivity contribution in [2.45, 2.75) is 33.1 Å². The second-order valence-electron chi connectivity index (χ2n) is 10.6. The van der Waals surface area contributed by atoms with E-state index in [0.717, 1.165) is 33.4 Å². The van der Waals surface area contributed by atoms with E-state index in [-0.39, 0.29) is 5.41 Å². The predicted octanol–water partition coefficient (Wildman–Crippen LogP) is 8.30. The number of hydrogen-bond acceptors (Lipinski definition) is 3. The molecule has 0 saturated carbocycles. The largest absolute Gasteiger partial charge is 0.306 e. The molecule has 0 unspecified atom stereocenters. The van der Waals surface area contributed by atoms with Gasteiger partial charge in [0.25, 0.3) is 0 Å². The summed E-state index contributed by atoms with van der Waals surface area (Å²) in [5.41, 5.74) is 11.7. The standard InChI is InChI=1S/C33H28N4/c1-21-11-14-28-25(18-21)33(3,4)26-19-22(2)12-15-29(26)37(28)31-16-13-23(20-35-31)36-27-9-6-5-8-24(27)32-30(36)10-7-17-34-32/h5-20H,1-4H3. The van der Waals surface area contributed by atoms with E-state index in [1.165, 1.54) is 33.6 Å². The zero-order chi connectivity index (χ0) is 25.3. The Labute approximate surface area is 216 Å². The smallest absolute Gasteiger partial charge is 0.137 e. The van der Waals surface area contributed by atoms with Crippen molar-refractivity contribution in [1.29, 1.82) is 0 Å². The number of hydrogen-bond donors (Lipinski definition) is 0. The van der Waals surface area contributed by atoms with E-state index in [1.54, 1.807) is 0 Å². The third kappa shape index (κ3) is 3.15. The van der Waals surface area contributed by atoms with Gasteiger partial charge < -0.3 is 4.57 Å². The molecule has 0 fully saturated rings. The molecular formula is C33H28N4. The van der Waals surface area contributed by atoms with Crippen LogP contribution in [-0.4, -0.2) is 14.5 Å². The number of aromatic nitrogens is 3. The van der Waals surface area contributed by atoms with Gasteiger partial charge >= 0.3 is 0 Å². The van der Waals surface area contributed by atoms with Crippen molar-refractivity contribution >= 4 is 39.1 Å². The van der Waals surface area contributed by atoms with Crippen LogP contribution in [0.25, 0.3) is 27.6 Å². The van der Waals surface area contributed by atoms with E-state index in [4.69, 9.17) is 4.98 Å². The van der Waals surface area contributed by atoms with Gasteiger partial charge in [0, 0.05) is 17.0 Å². The molecule has 3 aromatic carbocycles. The highest BCUT2D eigenvalue weighted by Crippen LogP contribution is 2.51. The van der Waals surface area contributed by atoms with Gasteiger partial charge in [0.15, 0.2) is 0 Å². The molecule has 3 aromatic heterocycles. The fourth-order valence-corrected chi connectivity index (χ4v) is 5.92. The summed E-state index contributed by atoms with van der Waals surface area (Å²) in [5.74, 6) is 0.911. The monoisotopic (exact) mass is 480 g/mol. The van der Waals surface area contributed by atoms with Gasteiger partial charge in [-0.3, -0.25) is 9.88 Å². The molecule has 4 heteroatoms. The van der Waals surface area contributed by atoms with Crippen molar-refractivity contribution in [3.63, 3.8) is 0 Å². The Bertz CT molecular complexity index is 1720. The molecule has 0 radical (unpaired) electrons. The van der Waals surface area contributed by atoms with Crippen LogP contribution >= 0.6 is 0 Å². The molecule has 4 nitrogen and oxygen atoms in total. The van der Waals surface area contributed by atoms with Gasteiger partial charge in [-0.25, -0.2) is 4.98 Å². The second-order valence-corrected chi connectivity index (χ2v) is 10.6. The second kappa shape index (κ2) is 7.78. The van der Waals surface area contributed by atoms with E-state index >= 15 is 0 Å². The van der Waals surface area contributed by atoms with Gasteiger partial charge in [-0.1, -0.05) is 67.4 Å². The number of aryl methyl sites for hydroxylation is 2. The molecule has 6 aromatic rings. The molecule has 7 rings (SSSR count). The SMILES string of the molecule is Cc1ccc2c(c1)C(C)(C)c1cc(C)ccc1N2c1ccc(-n2c3ccccc3c3ncccc32)cn1. The summed E-state index contributed by atoms with van der Waals surface area (Å²) in [6, 6.07) is 30.4. The van der Waals surface area contributed by atoms with Crippen LogP contribution in [0.3, 0.4) is 0 Å². The summed E-state index contributed by atoms with van der Waals surface area (Å²) in [6.07, 6.45) is 3.84. The highest BCUT2D eigenvalue weighted by Gasteiger charge is 2.37. The van der Waals surface area contributed by atoms with Crippen molar-refractivity contribution in [2.24, 2.45) is 0 Å². The van der Waals surface area contributed by atoms with E-state index in [9.17, 15) is 0 Å². The lowest BCUT2D eigenvalue weighted by atomic mass is 9.73. The summed E-state index contributed by atoms with van der Waals surface area (Å²) in [7, 11) is 0. The molecule has 180 valence electrons. The minimum Gasteiger partial charge on any atom is -0.306 e. The molecule has 0 spiro atoms. The molecule has 0 N–H and O–H groups in total. The number of nitrogens with zero attached hydrogens (tertiary/aromatic N) is 4. The molecule has 1 aliphatic rings. The predicted molar refractivity (Wildman–Crippen MR) is 153 cm³/mol. The van der Waals surface area contributed by atoms with Crippen LogP contribution in [0.5, 0.6) is 0 Å². The molecule has 4 heterocycles. The molecule has 0 aliphatic carbocycles. The maximum atomic E-state index is 5.05. The summed E-state index contributed by atoms with van der Waals surface area (Å²) in [5, 5.41) is 1.15. The highest BCUT2D eigenvalue weighted by molar-refractivity contribution is 6.06. The van der Waals surface area contributed by atoms with Gasteiger partial charge in [0.1, 0.15) is 5.82 Å². The first-order chi connectivity index (χ1) is 17.9. The average molecular weight is 481 g/mol. The van der Waals surface area contributed by atoms with Gasteiger partial charge in [0.2, 0.25) is 0 Å². The van der Waals surface area contributed by atoms with Crippen molar-refractivity contribution < 1.29 is 0 Å². The topological polar surface area (TPSA) is 34.0 Å². The Morgan fingerprint density at radius 2 is 1.35 bits per heavy atom. The molecule has 0 bridgehead atoms. The van der Waals surface area contributed by atoms with Crippen LogP contribution in [0, 0.1) is 13.8 Å². The van der Waals surface area contributed by atoms with Crippen LogP contribution < -0.4 is 4.90 Å². The lowest BCUT2D eigenvalue weighted by molar-refractivity contribution is 0.630. The van der Waals surface area contributed by atoms with E-state index < -0.39 is 0 Å². The number of para-hydroxylation sites is 1. The van der Waals surface area contributed by atoms with Crippen LogP contribution in [0.15, 0.2) is 97.3 Å². The molecular weight excluding hydrogens is 452 g/mol. The van der Waals surface area contributed by atoms with E-state index in [0.29, 0.717) is 0 Å². The Kier molecular flexibility index (Phi) is 4.58. The summed E-state index contributed by atoms with van der Waals surface area (Å²) in [4.78, 5) is 12.0. The quantitative estimate of drug-likeness (QED) is 0.250. The molecule has 0 amide bonds. The van der Waals surface area contributed by atoms with Crippen LogP contribution in [0.4, 0.5) is 17.2 Å². The lowest BCUT2D eigenvalue weighted by Crippen LogP contribution is -2.31. The lowest BCUT2D eigenvalue weighted by Gasteiger charge is -2.42. The van der Waals surface area contributed by atoms with Crippen molar-refractivity contribution in [1.82, 2.24) is 14.5 Å². The van der Waals surface area contributed by atoms with Gasteiger partial charge in [0.05, 0.1) is 39.8 Å². The number of benzene rings is 3. The van der Waals surface area contributed by atoms with Gasteiger partial charge in [-0.2, -0.15) is 0 Å². The maximum absolute atomic E-state index is 5.05. The van der Waals surface area contributed by atoms with E-state index in [1.807, 2.05) is 18.5 Å². The first-order valence-corrected chi connectivity index (χ1v) is 12.8. The summed E-state index contributed by atoms with van der Waals surface area (Å²) >= 11 is 0. The molecule has 1 aliphatic heterocycles. The average Bonchev–Trinajstić information content (AvgIpc) is 3.25. The molecule has 37 heavy (non-hydrogen) atoms. The molecule has 0 atom stereocenters. The Morgan fingerprint density at radius 1 is 0.676 bits per heavy atom. The maximum Gasteiger partial charge on any atom is 0.137 e. The number of fused-ring (bicyclic) bond motifs is 5. The third-order valence-electron chi connectivity index (χ3n) is 7.78. The van der Waals surface area contributed by atoms with Crippen LogP contribution in [-0.2, 0) is 5.41 Å². The first-order valence-electron chi connectivity index (χ1n) is 12.8. The fourth-order valence-electron chi connectivity index (χ4n) is 5.92. The van der Waals surface area contributed by atoms with Gasteiger partial charge in [-0.05, 0) is 67.4 Å². The van der Waals surface area contributed by atoms with Crippen molar-refractivity contribution in [2.75, 3.05) is 4.90 Å². The minimum atomic E-state index is -0.102. The van der Waals surface area contributed by atoms with Gasteiger partial charge in [-0.15, -0.1) is 0 Å². The number of rotatable bonds is 2. The number of pyridine rings is 2. The third-order valence-corrected chi connectivity index (χ3v) is 7.78. The zero-order valence-corrected chi connectivity index (χ0v) is 21.5. The Balaban J connectivity index is 1.42. The minimum absolute atomic E-state index is 0.102. The van der Waals surface area contributed by atoms with E-state index in [2.05, 4.69) is 121 Å². The van der Waals surface area contributed by atoms with Crippen LogP contribution in [0.2, 0.25) is 0 Å². The Hall–Kier alpha value is -4.44. The zero-order valence-electron chi connectivity index (χ0n) is 21.5. The number of anilines is 3. The highest BCUT2D eigenvalue weighted by atomic mass is 15.2. The summed E-state index contributed by atoms with van der Waals surface area (Å²) in [6.45, 7) is 8.99. The fraction of sp³-hybridized carbons (Fsp3) is 0.152. The summed E-state index contributed by atoms with van der Waals surface area (Å²) < 4.78 is 2.25. The molecule has 0 saturated heterocycles.